The fourth-order valence-corrected chi connectivity index (χ4v) is 3.58. The summed E-state index contributed by atoms with van der Waals surface area (Å²) in [6, 6.07) is 8.56. The van der Waals surface area contributed by atoms with Crippen LogP contribution in [0.4, 0.5) is 23.9 Å². The maximum Gasteiger partial charge on any atom is 0.600 e. The minimum Gasteiger partial charge on any atom is -0.494 e. The normalized spacial score (nSPS) is 13.5. The van der Waals surface area contributed by atoms with E-state index in [9.17, 15) is 28.2 Å². The minimum atomic E-state index is -5.11. The Balaban J connectivity index is 1.77. The van der Waals surface area contributed by atoms with E-state index in [1.807, 2.05) is 0 Å². The lowest BCUT2D eigenvalue weighted by Crippen LogP contribution is -2.57. The maximum atomic E-state index is 13.4. The van der Waals surface area contributed by atoms with Crippen molar-refractivity contribution in [2.75, 3.05) is 12.8 Å². The summed E-state index contributed by atoms with van der Waals surface area (Å²) < 4.78 is 47.1. The van der Waals surface area contributed by atoms with Crippen molar-refractivity contribution in [3.05, 3.63) is 54.0 Å². The van der Waals surface area contributed by atoms with Crippen LogP contribution in [0.3, 0.4) is 0 Å². The summed E-state index contributed by atoms with van der Waals surface area (Å²) in [4.78, 5) is 20.3. The molecule has 0 aliphatic heterocycles. The summed E-state index contributed by atoms with van der Waals surface area (Å²) in [5.41, 5.74) is 2.51. The average Bonchev–Trinajstić information content (AvgIpc) is 3.25. The minimum absolute atomic E-state index is 0.0441. The number of halogens is 3. The molecule has 4 rings (SSSR count). The van der Waals surface area contributed by atoms with Gasteiger partial charge >= 0.3 is 12.3 Å². The van der Waals surface area contributed by atoms with Gasteiger partial charge in [-0.05, 0) is 19.1 Å². The van der Waals surface area contributed by atoms with Crippen LogP contribution in [-0.4, -0.2) is 54.6 Å². The summed E-state index contributed by atoms with van der Waals surface area (Å²) >= 11 is 0. The van der Waals surface area contributed by atoms with Gasteiger partial charge in [0.15, 0.2) is 0 Å². The van der Waals surface area contributed by atoms with E-state index >= 15 is 0 Å². The number of pyridine rings is 1. The molecule has 14 heteroatoms. The molecule has 3 aromatic heterocycles. The van der Waals surface area contributed by atoms with Crippen molar-refractivity contribution in [2.24, 2.45) is 0 Å². The summed E-state index contributed by atoms with van der Waals surface area (Å²) in [5.74, 6) is 0.415. The van der Waals surface area contributed by atoms with Crippen LogP contribution in [0, 0.1) is 0 Å². The van der Waals surface area contributed by atoms with Crippen molar-refractivity contribution >= 4 is 22.9 Å². The van der Waals surface area contributed by atoms with E-state index in [4.69, 9.17) is 10.5 Å². The van der Waals surface area contributed by atoms with Crippen LogP contribution in [0.15, 0.2) is 42.6 Å². The summed E-state index contributed by atoms with van der Waals surface area (Å²) in [5, 5.41) is 28.3. The number of nitrogens with two attached hydrogens (primary N) is 1. The third kappa shape index (κ3) is 4.19. The van der Waals surface area contributed by atoms with Gasteiger partial charge in [-0.1, -0.05) is 21.9 Å². The van der Waals surface area contributed by atoms with Crippen LogP contribution in [-0.2, 0) is 12.1 Å². The molecule has 0 saturated heterocycles. The van der Waals surface area contributed by atoms with E-state index < -0.39 is 23.6 Å². The highest BCUT2D eigenvalue weighted by Crippen LogP contribution is 2.37. The van der Waals surface area contributed by atoms with Gasteiger partial charge in [-0.25, -0.2) is 14.6 Å². The molecule has 3 heterocycles. The molecule has 0 bridgehead atoms. The van der Waals surface area contributed by atoms with Gasteiger partial charge in [-0.15, -0.1) is 5.10 Å². The summed E-state index contributed by atoms with van der Waals surface area (Å²) in [7, 11) is 1.48. The van der Waals surface area contributed by atoms with Gasteiger partial charge in [0.2, 0.25) is 22.9 Å². The third-order valence-electron chi connectivity index (χ3n) is 5.34. The number of hydrogen-bond acceptors (Lipinski definition) is 8. The molecule has 0 aliphatic rings. The molecule has 11 nitrogen and oxygen atoms in total. The van der Waals surface area contributed by atoms with E-state index in [2.05, 4.69) is 20.3 Å². The first-order valence-electron chi connectivity index (χ1n) is 10.0. The van der Waals surface area contributed by atoms with Crippen LogP contribution in [0.5, 0.6) is 5.75 Å². The van der Waals surface area contributed by atoms with Crippen LogP contribution < -0.4 is 15.0 Å². The predicted molar refractivity (Wildman–Crippen MR) is 114 cm³/mol. The first kappa shape index (κ1) is 23.8. The number of nitrogen functional groups attached to an aromatic ring is 1. The molecule has 182 valence electrons. The summed E-state index contributed by atoms with van der Waals surface area (Å²) in [6.45, 7) is 0.209. The number of aromatic nitrogens is 6. The molecule has 4 aromatic rings. The van der Waals surface area contributed by atoms with Gasteiger partial charge in [0.25, 0.3) is 0 Å². The number of carbonyl (C=O) groups is 1. The molecule has 0 fully saturated rings. The Labute approximate surface area is 195 Å². The van der Waals surface area contributed by atoms with Crippen LogP contribution in [0.25, 0.3) is 22.3 Å². The lowest BCUT2D eigenvalue weighted by Gasteiger charge is -2.23. The molecule has 1 atom stereocenters. The van der Waals surface area contributed by atoms with E-state index in [1.54, 1.807) is 18.2 Å². The lowest BCUT2D eigenvalue weighted by atomic mass is 10.00. The number of aliphatic hydroxyl groups is 1. The number of hydrogen-bond donors (Lipinski definition) is 3. The van der Waals surface area contributed by atoms with Gasteiger partial charge < -0.3 is 20.7 Å². The lowest BCUT2D eigenvalue weighted by molar-refractivity contribution is -0.614. The Morgan fingerprint density at radius 3 is 2.57 bits per heavy atom. The van der Waals surface area contributed by atoms with Crippen LogP contribution >= 0.6 is 0 Å². The largest absolute Gasteiger partial charge is 0.600 e. The zero-order valence-electron chi connectivity index (χ0n) is 18.4. The van der Waals surface area contributed by atoms with E-state index in [0.29, 0.717) is 33.8 Å². The van der Waals surface area contributed by atoms with E-state index in [0.717, 1.165) is 6.07 Å². The number of ether oxygens (including phenoxy) is 1. The second-order valence-electron chi connectivity index (χ2n) is 7.68. The number of rotatable bonds is 5. The average molecular weight is 490 g/mol. The molecule has 4 N–H and O–H groups in total. The predicted octanol–water partition coefficient (Wildman–Crippen LogP) is 2.11. The molecule has 0 aliphatic carbocycles. The number of para-hydroxylation sites is 1. The number of anilines is 1. The van der Waals surface area contributed by atoms with Gasteiger partial charge in [0.1, 0.15) is 29.2 Å². The van der Waals surface area contributed by atoms with Gasteiger partial charge in [-0.2, -0.15) is 18.0 Å². The van der Waals surface area contributed by atoms with Gasteiger partial charge in [-0.3, -0.25) is 0 Å². The van der Waals surface area contributed by atoms with Crippen molar-refractivity contribution in [1.82, 2.24) is 25.0 Å². The Kier molecular flexibility index (Phi) is 5.76. The highest BCUT2D eigenvalue weighted by molar-refractivity contribution is 5.95. The molecule has 0 spiro atoms. The van der Waals surface area contributed by atoms with Gasteiger partial charge in [0.05, 0.1) is 13.3 Å². The molecule has 0 unspecified atom stereocenters. The molecular weight excluding hydrogens is 471 g/mol. The Morgan fingerprint density at radius 2 is 1.91 bits per heavy atom. The fraction of sp³-hybridized carbons (Fsp3) is 0.238. The molecule has 35 heavy (non-hydrogen) atoms. The van der Waals surface area contributed by atoms with Crippen molar-refractivity contribution < 1.29 is 37.5 Å². The molecule has 0 amide bonds. The first-order chi connectivity index (χ1) is 16.4. The SMILES string of the molecule is COc1cccc2c(-c3cn(Cc4cccc([C@](C)(O)C(F)(F)F)[n+]4C(=O)O)nn3)nc(N)nc12. The second kappa shape index (κ2) is 8.47. The summed E-state index contributed by atoms with van der Waals surface area (Å²) in [6.07, 6.45) is -5.39. The number of methoxy groups -OCH3 is 1. The fourth-order valence-electron chi connectivity index (χ4n) is 3.58. The van der Waals surface area contributed by atoms with Crippen molar-refractivity contribution in [1.29, 1.82) is 0 Å². The first-order valence-corrected chi connectivity index (χ1v) is 10.0. The Hall–Kier alpha value is -4.33. The Bertz CT molecular complexity index is 1440. The number of benzene rings is 1. The number of carboxylic acid groups (broad SMARTS) is 1. The molecule has 0 saturated carbocycles. The van der Waals surface area contributed by atoms with Crippen molar-refractivity contribution in [3.8, 4) is 17.1 Å². The zero-order chi connectivity index (χ0) is 25.5. The van der Waals surface area contributed by atoms with E-state index in [1.165, 1.54) is 30.1 Å². The topological polar surface area (TPSA) is 153 Å². The van der Waals surface area contributed by atoms with Crippen LogP contribution in [0.2, 0.25) is 0 Å². The van der Waals surface area contributed by atoms with Crippen molar-refractivity contribution in [2.45, 2.75) is 25.2 Å². The monoisotopic (exact) mass is 490 g/mol. The zero-order valence-corrected chi connectivity index (χ0v) is 18.4. The number of alkyl halides is 3. The smallest absolute Gasteiger partial charge is 0.494 e. The van der Waals surface area contributed by atoms with Crippen molar-refractivity contribution in [3.63, 3.8) is 0 Å². The van der Waals surface area contributed by atoms with Crippen LogP contribution in [0.1, 0.15) is 18.3 Å². The third-order valence-corrected chi connectivity index (χ3v) is 5.34. The standard InChI is InChI=1S/C21H18F3N7O4/c1-20(34,21(22,23)24)15-8-3-5-11(31(15)19(32)33)9-30-10-13(28-29-30)16-12-6-4-7-14(35-2)17(12)27-18(25)26-16/h3-8,10,34H,9H2,1-2H3,(H2-,25,26,27,32,33)/p+1/t20-/m0/s1. The maximum absolute atomic E-state index is 13.4. The molecular formula is C21H19F3N7O4+. The molecule has 0 radical (unpaired) electrons. The number of fused-ring (bicyclic) bond motifs is 1. The Morgan fingerprint density at radius 1 is 1.20 bits per heavy atom. The quantitative estimate of drug-likeness (QED) is 0.357. The van der Waals surface area contributed by atoms with E-state index in [-0.39, 0.29) is 23.9 Å². The highest BCUT2D eigenvalue weighted by Gasteiger charge is 2.57. The second-order valence-corrected chi connectivity index (χ2v) is 7.68. The molecule has 1 aromatic carbocycles. The number of nitrogens with zero attached hydrogens (tertiary/aromatic N) is 6. The van der Waals surface area contributed by atoms with Gasteiger partial charge in [0, 0.05) is 17.5 Å². The highest BCUT2D eigenvalue weighted by atomic mass is 19.4.